The van der Waals surface area contributed by atoms with Crippen molar-refractivity contribution in [1.82, 2.24) is 20.2 Å². The fraction of sp³-hybridized carbons (Fsp3) is 0.0476. The Morgan fingerprint density at radius 2 is 1.90 bits per heavy atom. The highest BCUT2D eigenvalue weighted by molar-refractivity contribution is 7.98. The van der Waals surface area contributed by atoms with Crippen LogP contribution in [0.4, 0.5) is 0 Å². The quantitative estimate of drug-likeness (QED) is 0.347. The van der Waals surface area contributed by atoms with E-state index in [1.165, 1.54) is 23.1 Å². The van der Waals surface area contributed by atoms with Crippen molar-refractivity contribution in [2.24, 2.45) is 0 Å². The number of H-pyrrole nitrogens is 1. The first-order chi connectivity index (χ1) is 14.7. The van der Waals surface area contributed by atoms with E-state index >= 15 is 0 Å². The van der Waals surface area contributed by atoms with Gasteiger partial charge >= 0.3 is 0 Å². The van der Waals surface area contributed by atoms with Crippen molar-refractivity contribution in [3.63, 3.8) is 0 Å². The Kier molecular flexibility index (Phi) is 5.12. The van der Waals surface area contributed by atoms with Crippen LogP contribution in [0.25, 0.3) is 32.8 Å². The average molecular weight is 453 g/mol. The number of hydrogen-bond acceptors (Lipinski definition) is 7. The molecule has 0 aliphatic rings. The van der Waals surface area contributed by atoms with Crippen molar-refractivity contribution in [2.45, 2.75) is 11.0 Å². The predicted octanol–water partition coefficient (Wildman–Crippen LogP) is 5.65. The minimum Gasteiger partial charge on any atom is -0.411 e. The summed E-state index contributed by atoms with van der Waals surface area (Å²) >= 11 is 8.78. The van der Waals surface area contributed by atoms with Crippen LogP contribution in [0.5, 0.6) is 0 Å². The zero-order valence-electron chi connectivity index (χ0n) is 15.3. The molecule has 0 radical (unpaired) electrons. The second kappa shape index (κ2) is 8.06. The monoisotopic (exact) mass is 452 g/mol. The maximum Gasteiger partial charge on any atom is 0.277 e. The summed E-state index contributed by atoms with van der Waals surface area (Å²) in [5.41, 5.74) is 2.49. The van der Waals surface area contributed by atoms with Crippen LogP contribution in [-0.2, 0) is 5.75 Å². The standard InChI is InChI=1S/C21H13ClN4O2S2/c22-14-8-4-7-13(9-14)19-25-26-21(28-19)30-11-16-23-18(27)17-15(10-29-20(17)24-16)12-5-2-1-3-6-12/h1-10H,11H2,(H,23,24,27). The molecule has 0 saturated carbocycles. The lowest BCUT2D eigenvalue weighted by molar-refractivity contribution is 0.465. The van der Waals surface area contributed by atoms with E-state index in [2.05, 4.69) is 20.2 Å². The van der Waals surface area contributed by atoms with Crippen LogP contribution >= 0.6 is 34.7 Å². The van der Waals surface area contributed by atoms with E-state index in [0.717, 1.165) is 16.7 Å². The van der Waals surface area contributed by atoms with E-state index in [0.29, 0.717) is 37.9 Å². The van der Waals surface area contributed by atoms with Crippen molar-refractivity contribution in [2.75, 3.05) is 0 Å². The van der Waals surface area contributed by atoms with Gasteiger partial charge in [-0.2, -0.15) is 0 Å². The first-order valence-electron chi connectivity index (χ1n) is 8.95. The first-order valence-corrected chi connectivity index (χ1v) is 11.2. The lowest BCUT2D eigenvalue weighted by Crippen LogP contribution is -2.10. The molecular formula is C21H13ClN4O2S2. The molecule has 0 unspecified atom stereocenters. The number of halogens is 1. The average Bonchev–Trinajstić information content (AvgIpc) is 3.40. The number of aromatic nitrogens is 4. The Bertz CT molecular complexity index is 1400. The molecule has 0 bridgehead atoms. The molecular weight excluding hydrogens is 440 g/mol. The number of thiophene rings is 1. The Balaban J connectivity index is 1.37. The number of nitrogens with one attached hydrogen (secondary N) is 1. The normalized spacial score (nSPS) is 11.2. The second-order valence-electron chi connectivity index (χ2n) is 6.38. The maximum absolute atomic E-state index is 12.7. The van der Waals surface area contributed by atoms with E-state index in [9.17, 15) is 4.79 Å². The minimum atomic E-state index is -0.152. The molecule has 5 aromatic rings. The minimum absolute atomic E-state index is 0.152. The molecule has 148 valence electrons. The maximum atomic E-state index is 12.7. The van der Waals surface area contributed by atoms with Gasteiger partial charge in [-0.1, -0.05) is 59.8 Å². The summed E-state index contributed by atoms with van der Waals surface area (Å²) in [6.45, 7) is 0. The zero-order valence-corrected chi connectivity index (χ0v) is 17.7. The van der Waals surface area contributed by atoms with Gasteiger partial charge in [-0.25, -0.2) is 4.98 Å². The van der Waals surface area contributed by atoms with Crippen LogP contribution in [0.1, 0.15) is 5.82 Å². The van der Waals surface area contributed by atoms with Crippen molar-refractivity contribution >= 4 is 44.9 Å². The summed E-state index contributed by atoms with van der Waals surface area (Å²) < 4.78 is 5.69. The van der Waals surface area contributed by atoms with Crippen LogP contribution in [0.15, 0.2) is 74.4 Å². The molecule has 0 fully saturated rings. The molecule has 30 heavy (non-hydrogen) atoms. The molecule has 6 nitrogen and oxygen atoms in total. The van der Waals surface area contributed by atoms with Crippen LogP contribution < -0.4 is 5.56 Å². The molecule has 0 aliphatic carbocycles. The van der Waals surface area contributed by atoms with E-state index in [4.69, 9.17) is 16.0 Å². The summed E-state index contributed by atoms with van der Waals surface area (Å²) in [7, 11) is 0. The largest absolute Gasteiger partial charge is 0.411 e. The van der Waals surface area contributed by atoms with E-state index < -0.39 is 0 Å². The number of benzene rings is 2. The molecule has 0 atom stereocenters. The molecule has 1 N–H and O–H groups in total. The van der Waals surface area contributed by atoms with Gasteiger partial charge in [0.05, 0.1) is 11.1 Å². The molecule has 3 aromatic heterocycles. The van der Waals surface area contributed by atoms with Gasteiger partial charge in [-0.3, -0.25) is 4.79 Å². The molecule has 2 aromatic carbocycles. The fourth-order valence-corrected chi connectivity index (χ4v) is 4.82. The Morgan fingerprint density at radius 1 is 1.07 bits per heavy atom. The van der Waals surface area contributed by atoms with Crippen molar-refractivity contribution in [1.29, 1.82) is 0 Å². The lowest BCUT2D eigenvalue weighted by atomic mass is 10.1. The Morgan fingerprint density at radius 3 is 2.73 bits per heavy atom. The summed E-state index contributed by atoms with van der Waals surface area (Å²) in [6.07, 6.45) is 0. The first kappa shape index (κ1) is 19.0. The van der Waals surface area contributed by atoms with E-state index in [1.807, 2.05) is 47.8 Å². The molecule has 0 saturated heterocycles. The lowest BCUT2D eigenvalue weighted by Gasteiger charge is -2.01. The summed E-state index contributed by atoms with van der Waals surface area (Å²) in [5.74, 6) is 1.35. The van der Waals surface area contributed by atoms with Gasteiger partial charge in [-0.05, 0) is 23.8 Å². The topological polar surface area (TPSA) is 84.7 Å². The SMILES string of the molecule is O=c1[nH]c(CSc2nnc(-c3cccc(Cl)c3)o2)nc2scc(-c3ccccc3)c12. The number of rotatable bonds is 5. The summed E-state index contributed by atoms with van der Waals surface area (Å²) in [4.78, 5) is 20.9. The smallest absolute Gasteiger partial charge is 0.277 e. The van der Waals surface area contributed by atoms with Gasteiger partial charge in [0.15, 0.2) is 0 Å². The van der Waals surface area contributed by atoms with Crippen LogP contribution in [-0.4, -0.2) is 20.2 Å². The van der Waals surface area contributed by atoms with Crippen molar-refractivity contribution < 1.29 is 4.42 Å². The number of nitrogens with zero attached hydrogens (tertiary/aromatic N) is 3. The highest BCUT2D eigenvalue weighted by Gasteiger charge is 2.14. The Labute approximate surface area is 184 Å². The third-order valence-electron chi connectivity index (χ3n) is 4.39. The second-order valence-corrected chi connectivity index (χ2v) is 8.60. The van der Waals surface area contributed by atoms with Crippen LogP contribution in [0.3, 0.4) is 0 Å². The molecule has 5 rings (SSSR count). The summed E-state index contributed by atoms with van der Waals surface area (Å²) in [6, 6.07) is 17.0. The van der Waals surface area contributed by atoms with Crippen molar-refractivity contribution in [3.8, 4) is 22.6 Å². The molecule has 0 spiro atoms. The molecule has 3 heterocycles. The third-order valence-corrected chi connectivity index (χ3v) is 6.33. The number of aromatic amines is 1. The van der Waals surface area contributed by atoms with Crippen molar-refractivity contribution in [3.05, 3.63) is 81.2 Å². The molecule has 0 aliphatic heterocycles. The molecule has 0 amide bonds. The Hall–Kier alpha value is -2.94. The van der Waals surface area contributed by atoms with Gasteiger partial charge < -0.3 is 9.40 Å². The fourth-order valence-electron chi connectivity index (χ4n) is 3.03. The summed E-state index contributed by atoms with van der Waals surface area (Å²) in [5, 5.41) is 11.7. The van der Waals surface area contributed by atoms with Gasteiger partial charge in [-0.15, -0.1) is 21.5 Å². The van der Waals surface area contributed by atoms with Crippen LogP contribution in [0.2, 0.25) is 5.02 Å². The van der Waals surface area contributed by atoms with Gasteiger partial charge in [0.25, 0.3) is 10.8 Å². The van der Waals surface area contributed by atoms with Gasteiger partial charge in [0.2, 0.25) is 5.89 Å². The number of thioether (sulfide) groups is 1. The van der Waals surface area contributed by atoms with Crippen LogP contribution in [0, 0.1) is 0 Å². The van der Waals surface area contributed by atoms with E-state index in [-0.39, 0.29) is 5.56 Å². The predicted molar refractivity (Wildman–Crippen MR) is 120 cm³/mol. The van der Waals surface area contributed by atoms with Gasteiger partial charge in [0.1, 0.15) is 10.7 Å². The highest BCUT2D eigenvalue weighted by atomic mass is 35.5. The van der Waals surface area contributed by atoms with E-state index in [1.54, 1.807) is 12.1 Å². The molecule has 9 heteroatoms. The highest BCUT2D eigenvalue weighted by Crippen LogP contribution is 2.31. The third kappa shape index (κ3) is 3.77. The number of fused-ring (bicyclic) bond motifs is 1. The van der Waals surface area contributed by atoms with Gasteiger partial charge in [0, 0.05) is 21.5 Å². The zero-order chi connectivity index (χ0) is 20.5. The number of hydrogen-bond donors (Lipinski definition) is 1.